The first kappa shape index (κ1) is 25.1. The Kier molecular flexibility index (Phi) is 7.10. The third-order valence-electron chi connectivity index (χ3n) is 7.07. The summed E-state index contributed by atoms with van der Waals surface area (Å²) in [5, 5.41) is 5.80. The summed E-state index contributed by atoms with van der Waals surface area (Å²) in [6.45, 7) is 7.37. The van der Waals surface area contributed by atoms with Crippen molar-refractivity contribution in [3.8, 4) is 0 Å². The van der Waals surface area contributed by atoms with E-state index < -0.39 is 11.1 Å². The van der Waals surface area contributed by atoms with E-state index in [0.717, 1.165) is 25.7 Å². The molecule has 0 atom stereocenters. The van der Waals surface area contributed by atoms with Gasteiger partial charge in [0.2, 0.25) is 0 Å². The van der Waals surface area contributed by atoms with Crippen LogP contribution in [-0.4, -0.2) is 75.6 Å². The van der Waals surface area contributed by atoms with Crippen LogP contribution in [0.15, 0.2) is 18.3 Å². The second-order valence-electron chi connectivity index (χ2n) is 10.8. The molecule has 35 heavy (non-hydrogen) atoms. The Morgan fingerprint density at radius 2 is 1.86 bits per heavy atom. The van der Waals surface area contributed by atoms with Crippen LogP contribution in [0.3, 0.4) is 0 Å². The van der Waals surface area contributed by atoms with Crippen LogP contribution < -0.4 is 10.6 Å². The Morgan fingerprint density at radius 3 is 2.51 bits per heavy atom. The second-order valence-corrected chi connectivity index (χ2v) is 10.8. The molecule has 1 aliphatic carbocycles. The minimum Gasteiger partial charge on any atom is -0.444 e. The molecule has 1 spiro atoms. The molecule has 0 radical (unpaired) electrons. The first-order valence-electron chi connectivity index (χ1n) is 12.7. The van der Waals surface area contributed by atoms with Crippen LogP contribution in [-0.2, 0) is 9.53 Å². The monoisotopic (exact) mass is 487 g/mol. The molecule has 5 amide bonds. The number of imide groups is 1. The smallest absolute Gasteiger partial charge is 0.410 e. The van der Waals surface area contributed by atoms with Gasteiger partial charge in [0, 0.05) is 38.4 Å². The predicted octanol–water partition coefficient (Wildman–Crippen LogP) is 3.04. The van der Waals surface area contributed by atoms with E-state index in [9.17, 15) is 19.2 Å². The number of rotatable bonds is 6. The summed E-state index contributed by atoms with van der Waals surface area (Å²) in [7, 11) is 0. The van der Waals surface area contributed by atoms with E-state index >= 15 is 0 Å². The number of piperidine rings is 1. The highest BCUT2D eigenvalue weighted by Gasteiger charge is 2.52. The largest absolute Gasteiger partial charge is 0.444 e. The topological polar surface area (TPSA) is 113 Å². The summed E-state index contributed by atoms with van der Waals surface area (Å²) in [5.74, 6) is -0.313. The van der Waals surface area contributed by atoms with Crippen LogP contribution in [0.4, 0.5) is 9.59 Å². The third kappa shape index (κ3) is 5.46. The molecule has 1 saturated carbocycles. The van der Waals surface area contributed by atoms with Crippen LogP contribution in [0.1, 0.15) is 82.2 Å². The molecule has 2 N–H and O–H groups in total. The van der Waals surface area contributed by atoms with Crippen LogP contribution >= 0.6 is 0 Å². The van der Waals surface area contributed by atoms with Gasteiger partial charge in [-0.2, -0.15) is 0 Å². The number of hydrogen-bond donors (Lipinski definition) is 2. The fourth-order valence-electron chi connectivity index (χ4n) is 5.28. The van der Waals surface area contributed by atoms with E-state index in [1.807, 2.05) is 37.6 Å². The Morgan fingerprint density at radius 1 is 1.17 bits per heavy atom. The van der Waals surface area contributed by atoms with E-state index in [2.05, 4.69) is 10.6 Å². The summed E-state index contributed by atoms with van der Waals surface area (Å²) in [5.41, 5.74) is -0.649. The third-order valence-corrected chi connectivity index (χ3v) is 7.07. The quantitative estimate of drug-likeness (QED) is 0.473. The predicted molar refractivity (Wildman–Crippen MR) is 129 cm³/mol. The van der Waals surface area contributed by atoms with E-state index in [4.69, 9.17) is 4.74 Å². The Bertz CT molecular complexity index is 967. The minimum atomic E-state index is -0.694. The van der Waals surface area contributed by atoms with Gasteiger partial charge in [-0.25, -0.2) is 9.59 Å². The first-order valence-corrected chi connectivity index (χ1v) is 12.7. The average molecular weight is 488 g/mol. The minimum absolute atomic E-state index is 0.123. The van der Waals surface area contributed by atoms with Gasteiger partial charge in [0.1, 0.15) is 16.8 Å². The number of ether oxygens (including phenoxy) is 1. The number of urea groups is 1. The number of hydrogen-bond acceptors (Lipinski definition) is 5. The highest BCUT2D eigenvalue weighted by atomic mass is 16.6. The van der Waals surface area contributed by atoms with Gasteiger partial charge < -0.3 is 24.8 Å². The molecule has 2 saturated heterocycles. The lowest BCUT2D eigenvalue weighted by molar-refractivity contribution is -0.131. The Hall–Kier alpha value is -3.04. The van der Waals surface area contributed by atoms with E-state index in [1.165, 1.54) is 4.90 Å². The number of nitrogens with zero attached hydrogens (tertiary/aromatic N) is 3. The van der Waals surface area contributed by atoms with Crippen molar-refractivity contribution in [1.29, 1.82) is 0 Å². The van der Waals surface area contributed by atoms with E-state index in [0.29, 0.717) is 44.6 Å². The zero-order valence-electron chi connectivity index (χ0n) is 21.0. The van der Waals surface area contributed by atoms with Crippen LogP contribution in [0, 0.1) is 0 Å². The normalized spacial score (nSPS) is 20.4. The SMILES string of the molecule is CC(C)(C)OC(=O)N1CCC(n2cccc2C(=O)NCCCN2C(=O)NC3(CCCC3)C2=O)CC1. The van der Waals surface area contributed by atoms with Crippen molar-refractivity contribution in [2.45, 2.75) is 82.9 Å². The van der Waals surface area contributed by atoms with Gasteiger partial charge in [-0.3, -0.25) is 14.5 Å². The van der Waals surface area contributed by atoms with Crippen molar-refractivity contribution in [3.63, 3.8) is 0 Å². The highest BCUT2D eigenvalue weighted by molar-refractivity contribution is 6.07. The van der Waals surface area contributed by atoms with Gasteiger partial charge in [0.25, 0.3) is 11.8 Å². The van der Waals surface area contributed by atoms with Crippen molar-refractivity contribution >= 4 is 23.9 Å². The van der Waals surface area contributed by atoms with Crippen LogP contribution in [0.2, 0.25) is 0 Å². The molecular formula is C25H37N5O5. The van der Waals surface area contributed by atoms with Crippen molar-refractivity contribution in [3.05, 3.63) is 24.0 Å². The zero-order chi connectivity index (χ0) is 25.2. The number of likely N-dealkylation sites (tertiary alicyclic amines) is 1. The molecule has 0 aromatic carbocycles. The number of carbonyl (C=O) groups excluding carboxylic acids is 4. The fourth-order valence-corrected chi connectivity index (χ4v) is 5.28. The number of amides is 5. The molecule has 10 nitrogen and oxygen atoms in total. The lowest BCUT2D eigenvalue weighted by atomic mass is 9.98. The van der Waals surface area contributed by atoms with E-state index in [-0.39, 0.29) is 36.5 Å². The molecule has 1 aromatic heterocycles. The summed E-state index contributed by atoms with van der Waals surface area (Å²) in [6, 6.07) is 3.44. The van der Waals surface area contributed by atoms with Gasteiger partial charge in [0.15, 0.2) is 0 Å². The molecule has 2 aliphatic heterocycles. The molecule has 3 aliphatic rings. The van der Waals surface area contributed by atoms with Gasteiger partial charge in [-0.1, -0.05) is 12.8 Å². The summed E-state index contributed by atoms with van der Waals surface area (Å²) >= 11 is 0. The van der Waals surface area contributed by atoms with Crippen LogP contribution in [0.25, 0.3) is 0 Å². The number of carbonyl (C=O) groups is 4. The maximum Gasteiger partial charge on any atom is 0.410 e. The molecule has 0 unspecified atom stereocenters. The standard InChI is InChI=1S/C25H37N5O5/c1-24(2,3)35-23(34)28-16-9-18(10-17-28)29-14-6-8-19(29)20(31)26-13-7-15-30-21(32)25(27-22(30)33)11-4-5-12-25/h6,8,14,18H,4-5,7,9-13,15-17H2,1-3H3,(H,26,31)(H,27,33). The molecule has 0 bridgehead atoms. The summed E-state index contributed by atoms with van der Waals surface area (Å²) < 4.78 is 7.44. The fraction of sp³-hybridized carbons (Fsp3) is 0.680. The Balaban J connectivity index is 1.24. The molecular weight excluding hydrogens is 450 g/mol. The molecule has 192 valence electrons. The first-order chi connectivity index (χ1) is 16.6. The van der Waals surface area contributed by atoms with Crippen molar-refractivity contribution in [2.75, 3.05) is 26.2 Å². The van der Waals surface area contributed by atoms with Crippen molar-refractivity contribution in [2.24, 2.45) is 0 Å². The summed E-state index contributed by atoms with van der Waals surface area (Å²) in [4.78, 5) is 53.2. The molecule has 1 aromatic rings. The maximum atomic E-state index is 12.9. The molecule has 3 heterocycles. The van der Waals surface area contributed by atoms with Crippen molar-refractivity contribution < 1.29 is 23.9 Å². The molecule has 3 fully saturated rings. The highest BCUT2D eigenvalue weighted by Crippen LogP contribution is 2.35. The summed E-state index contributed by atoms with van der Waals surface area (Å²) in [6.07, 6.45) is 6.89. The van der Waals surface area contributed by atoms with E-state index in [1.54, 1.807) is 11.0 Å². The van der Waals surface area contributed by atoms with Gasteiger partial charge >= 0.3 is 12.1 Å². The second kappa shape index (κ2) is 9.91. The molecule has 4 rings (SSSR count). The number of aromatic nitrogens is 1. The van der Waals surface area contributed by atoms with Gasteiger partial charge in [-0.05, 0) is 65.0 Å². The lowest BCUT2D eigenvalue weighted by Crippen LogP contribution is -2.44. The van der Waals surface area contributed by atoms with Crippen molar-refractivity contribution in [1.82, 2.24) is 25.0 Å². The molecule has 10 heteroatoms. The van der Waals surface area contributed by atoms with Crippen LogP contribution in [0.5, 0.6) is 0 Å². The Labute approximate surface area is 206 Å². The zero-order valence-corrected chi connectivity index (χ0v) is 21.0. The number of nitrogens with one attached hydrogen (secondary N) is 2. The maximum absolute atomic E-state index is 12.9. The average Bonchev–Trinajstić information content (AvgIpc) is 3.52. The lowest BCUT2D eigenvalue weighted by Gasteiger charge is -2.34. The van der Waals surface area contributed by atoms with Gasteiger partial charge in [-0.15, -0.1) is 0 Å². The van der Waals surface area contributed by atoms with Gasteiger partial charge in [0.05, 0.1) is 0 Å².